The summed E-state index contributed by atoms with van der Waals surface area (Å²) in [6, 6.07) is 5.95. The van der Waals surface area contributed by atoms with Crippen molar-refractivity contribution >= 4 is 17.7 Å². The standard InChI is InChI=1S/C21H34N6O/c1-3-22-21(27-12-8-18(2)9-13-27)24-11-7-20(28)26-16-14-25(15-17-26)19-6-4-5-10-23-19/h4-6,10,18H,3,7-9,11-17H2,1-2H3,(H,22,24). The number of hydrogen-bond acceptors (Lipinski definition) is 4. The van der Waals surface area contributed by atoms with Gasteiger partial charge < -0.3 is 20.0 Å². The third-order valence-electron chi connectivity index (χ3n) is 5.61. The van der Waals surface area contributed by atoms with Crippen molar-refractivity contribution in [1.29, 1.82) is 0 Å². The zero-order chi connectivity index (χ0) is 19.8. The normalized spacial score (nSPS) is 19.1. The van der Waals surface area contributed by atoms with E-state index in [1.807, 2.05) is 29.3 Å². The van der Waals surface area contributed by atoms with Crippen molar-refractivity contribution in [3.63, 3.8) is 0 Å². The minimum Gasteiger partial charge on any atom is -0.357 e. The molecule has 0 aliphatic carbocycles. The van der Waals surface area contributed by atoms with Gasteiger partial charge in [0.1, 0.15) is 5.82 Å². The number of anilines is 1. The monoisotopic (exact) mass is 386 g/mol. The summed E-state index contributed by atoms with van der Waals surface area (Å²) in [5, 5.41) is 3.38. The molecule has 3 heterocycles. The number of guanidine groups is 1. The van der Waals surface area contributed by atoms with Crippen LogP contribution in [-0.2, 0) is 4.79 Å². The second-order valence-electron chi connectivity index (χ2n) is 7.71. The predicted octanol–water partition coefficient (Wildman–Crippen LogP) is 1.82. The Balaban J connectivity index is 1.44. The minimum atomic E-state index is 0.201. The highest BCUT2D eigenvalue weighted by molar-refractivity contribution is 5.81. The van der Waals surface area contributed by atoms with Crippen molar-refractivity contribution in [3.05, 3.63) is 24.4 Å². The molecule has 2 saturated heterocycles. The molecule has 0 radical (unpaired) electrons. The molecule has 7 nitrogen and oxygen atoms in total. The van der Waals surface area contributed by atoms with Crippen LogP contribution in [0.15, 0.2) is 29.4 Å². The van der Waals surface area contributed by atoms with Crippen LogP contribution >= 0.6 is 0 Å². The minimum absolute atomic E-state index is 0.201. The summed E-state index contributed by atoms with van der Waals surface area (Å²) in [7, 11) is 0. The summed E-state index contributed by atoms with van der Waals surface area (Å²) >= 11 is 0. The maximum absolute atomic E-state index is 12.6. The summed E-state index contributed by atoms with van der Waals surface area (Å²) < 4.78 is 0. The molecule has 2 aliphatic heterocycles. The Morgan fingerprint density at radius 2 is 1.89 bits per heavy atom. The number of aliphatic imine (C=N–C) groups is 1. The maximum atomic E-state index is 12.6. The summed E-state index contributed by atoms with van der Waals surface area (Å²) in [4.78, 5) is 28.2. The number of carbonyl (C=O) groups is 1. The van der Waals surface area contributed by atoms with Gasteiger partial charge in [-0.2, -0.15) is 0 Å². The average Bonchev–Trinajstić information content (AvgIpc) is 2.74. The van der Waals surface area contributed by atoms with Crippen LogP contribution in [0, 0.1) is 5.92 Å². The summed E-state index contributed by atoms with van der Waals surface area (Å²) in [5.74, 6) is 2.95. The second kappa shape index (κ2) is 10.3. The lowest BCUT2D eigenvalue weighted by Crippen LogP contribution is -2.49. The Kier molecular flexibility index (Phi) is 7.51. The number of carbonyl (C=O) groups excluding carboxylic acids is 1. The van der Waals surface area contributed by atoms with E-state index in [0.29, 0.717) is 13.0 Å². The molecule has 28 heavy (non-hydrogen) atoms. The van der Waals surface area contributed by atoms with Crippen molar-refractivity contribution in [2.24, 2.45) is 10.9 Å². The highest BCUT2D eigenvalue weighted by Gasteiger charge is 2.22. The first-order chi connectivity index (χ1) is 13.7. The lowest BCUT2D eigenvalue weighted by molar-refractivity contribution is -0.131. The first-order valence-corrected chi connectivity index (χ1v) is 10.6. The lowest BCUT2D eigenvalue weighted by atomic mass is 10.00. The second-order valence-corrected chi connectivity index (χ2v) is 7.71. The topological polar surface area (TPSA) is 64.1 Å². The molecular weight excluding hydrogens is 352 g/mol. The molecule has 0 atom stereocenters. The van der Waals surface area contributed by atoms with Gasteiger partial charge in [0.05, 0.1) is 6.54 Å². The first-order valence-electron chi connectivity index (χ1n) is 10.6. The fourth-order valence-corrected chi connectivity index (χ4v) is 3.79. The zero-order valence-corrected chi connectivity index (χ0v) is 17.3. The molecule has 154 valence electrons. The first kappa shape index (κ1) is 20.4. The van der Waals surface area contributed by atoms with E-state index in [0.717, 1.165) is 63.5 Å². The van der Waals surface area contributed by atoms with Gasteiger partial charge in [0.25, 0.3) is 0 Å². The van der Waals surface area contributed by atoms with Crippen LogP contribution in [0.5, 0.6) is 0 Å². The molecule has 1 amide bonds. The number of piperidine rings is 1. The predicted molar refractivity (Wildman–Crippen MR) is 114 cm³/mol. The molecule has 2 aliphatic rings. The Bertz CT molecular complexity index is 634. The highest BCUT2D eigenvalue weighted by atomic mass is 16.2. The van der Waals surface area contributed by atoms with Crippen LogP contribution in [0.1, 0.15) is 33.1 Å². The molecule has 1 aromatic heterocycles. The molecule has 0 saturated carbocycles. The number of amides is 1. The number of pyridine rings is 1. The van der Waals surface area contributed by atoms with Crippen molar-refractivity contribution < 1.29 is 4.79 Å². The number of nitrogens with zero attached hydrogens (tertiary/aromatic N) is 5. The Morgan fingerprint density at radius 1 is 1.14 bits per heavy atom. The molecule has 3 rings (SSSR count). The number of hydrogen-bond donors (Lipinski definition) is 1. The van der Waals surface area contributed by atoms with Crippen LogP contribution < -0.4 is 10.2 Å². The van der Waals surface area contributed by atoms with Crippen LogP contribution in [-0.4, -0.2) is 79.0 Å². The van der Waals surface area contributed by atoms with Crippen LogP contribution in [0.2, 0.25) is 0 Å². The van der Waals surface area contributed by atoms with E-state index >= 15 is 0 Å². The summed E-state index contributed by atoms with van der Waals surface area (Å²) in [5.41, 5.74) is 0. The van der Waals surface area contributed by atoms with E-state index in [9.17, 15) is 4.79 Å². The van der Waals surface area contributed by atoms with Gasteiger partial charge in [0, 0.05) is 58.4 Å². The molecule has 1 N–H and O–H groups in total. The number of nitrogens with one attached hydrogen (secondary N) is 1. The summed E-state index contributed by atoms with van der Waals surface area (Å²) in [6.07, 6.45) is 4.71. The van der Waals surface area contributed by atoms with Gasteiger partial charge in [0.15, 0.2) is 5.96 Å². The smallest absolute Gasteiger partial charge is 0.224 e. The molecular formula is C21H34N6O. The highest BCUT2D eigenvalue weighted by Crippen LogP contribution is 2.16. The van der Waals surface area contributed by atoms with E-state index in [2.05, 4.69) is 33.9 Å². The van der Waals surface area contributed by atoms with Gasteiger partial charge >= 0.3 is 0 Å². The Labute approximate surface area is 168 Å². The Morgan fingerprint density at radius 3 is 2.54 bits per heavy atom. The lowest BCUT2D eigenvalue weighted by Gasteiger charge is -2.35. The zero-order valence-electron chi connectivity index (χ0n) is 17.3. The molecule has 7 heteroatoms. The molecule has 1 aromatic rings. The quantitative estimate of drug-likeness (QED) is 0.618. The van der Waals surface area contributed by atoms with Crippen LogP contribution in [0.4, 0.5) is 5.82 Å². The fraction of sp³-hybridized carbons (Fsp3) is 0.667. The third-order valence-corrected chi connectivity index (χ3v) is 5.61. The van der Waals surface area contributed by atoms with E-state index in [4.69, 9.17) is 4.99 Å². The molecule has 0 bridgehead atoms. The number of piperazine rings is 1. The maximum Gasteiger partial charge on any atom is 0.224 e. The van der Waals surface area contributed by atoms with Crippen molar-refractivity contribution in [2.75, 3.05) is 57.3 Å². The van der Waals surface area contributed by atoms with Crippen molar-refractivity contribution in [1.82, 2.24) is 20.1 Å². The van der Waals surface area contributed by atoms with Gasteiger partial charge in [-0.15, -0.1) is 0 Å². The van der Waals surface area contributed by atoms with Gasteiger partial charge in [-0.1, -0.05) is 13.0 Å². The van der Waals surface area contributed by atoms with Gasteiger partial charge in [-0.25, -0.2) is 4.98 Å². The van der Waals surface area contributed by atoms with E-state index < -0.39 is 0 Å². The van der Waals surface area contributed by atoms with Crippen LogP contribution in [0.25, 0.3) is 0 Å². The number of rotatable bonds is 5. The van der Waals surface area contributed by atoms with E-state index in [1.54, 1.807) is 0 Å². The molecule has 0 spiro atoms. The van der Waals surface area contributed by atoms with Gasteiger partial charge in [-0.3, -0.25) is 9.79 Å². The fourth-order valence-electron chi connectivity index (χ4n) is 3.79. The molecule has 2 fully saturated rings. The largest absolute Gasteiger partial charge is 0.357 e. The van der Waals surface area contributed by atoms with Crippen molar-refractivity contribution in [2.45, 2.75) is 33.1 Å². The number of likely N-dealkylation sites (tertiary alicyclic amines) is 1. The van der Waals surface area contributed by atoms with Gasteiger partial charge in [0.2, 0.25) is 5.91 Å². The SMILES string of the molecule is CCNC(=NCCC(=O)N1CCN(c2ccccn2)CC1)N1CCC(C)CC1. The average molecular weight is 387 g/mol. The van der Waals surface area contributed by atoms with Crippen LogP contribution in [0.3, 0.4) is 0 Å². The summed E-state index contributed by atoms with van der Waals surface area (Å²) in [6.45, 7) is 11.1. The van der Waals surface area contributed by atoms with E-state index in [1.165, 1.54) is 12.8 Å². The molecule has 0 unspecified atom stereocenters. The van der Waals surface area contributed by atoms with Gasteiger partial charge in [-0.05, 0) is 37.8 Å². The Hall–Kier alpha value is -2.31. The van der Waals surface area contributed by atoms with E-state index in [-0.39, 0.29) is 5.91 Å². The third kappa shape index (κ3) is 5.59. The number of aromatic nitrogens is 1. The van der Waals surface area contributed by atoms with Crippen molar-refractivity contribution in [3.8, 4) is 0 Å². The molecule has 0 aromatic carbocycles.